The van der Waals surface area contributed by atoms with Crippen LogP contribution >= 0.6 is 0 Å². The summed E-state index contributed by atoms with van der Waals surface area (Å²) in [6.07, 6.45) is 1.49. The SMILES string of the molecule is O=C(O)C1=Cc2ccc(F)cc2OC1. The van der Waals surface area contributed by atoms with Crippen LogP contribution in [0.4, 0.5) is 4.39 Å². The molecule has 0 bridgehead atoms. The molecule has 0 radical (unpaired) electrons. The first kappa shape index (κ1) is 8.74. The van der Waals surface area contributed by atoms with Crippen LogP contribution in [0.15, 0.2) is 23.8 Å². The van der Waals surface area contributed by atoms with E-state index in [9.17, 15) is 9.18 Å². The average molecular weight is 194 g/mol. The number of carboxylic acid groups (broad SMARTS) is 1. The maximum absolute atomic E-state index is 12.7. The fraction of sp³-hybridized carbons (Fsp3) is 0.100. The molecule has 4 heteroatoms. The molecule has 0 unspecified atom stereocenters. The topological polar surface area (TPSA) is 46.5 Å². The van der Waals surface area contributed by atoms with E-state index in [2.05, 4.69) is 0 Å². The molecule has 0 atom stereocenters. The van der Waals surface area contributed by atoms with Crippen molar-refractivity contribution in [2.24, 2.45) is 0 Å². The molecule has 1 N–H and O–H groups in total. The Balaban J connectivity index is 2.45. The number of hydrogen-bond acceptors (Lipinski definition) is 2. The molecule has 3 nitrogen and oxygen atoms in total. The van der Waals surface area contributed by atoms with Gasteiger partial charge in [-0.2, -0.15) is 0 Å². The molecule has 1 aliphatic rings. The van der Waals surface area contributed by atoms with Gasteiger partial charge in [0, 0.05) is 11.6 Å². The highest BCUT2D eigenvalue weighted by molar-refractivity contribution is 5.93. The summed E-state index contributed by atoms with van der Waals surface area (Å²) in [4.78, 5) is 10.6. The van der Waals surface area contributed by atoms with Crippen LogP contribution < -0.4 is 4.74 Å². The second-order valence-electron chi connectivity index (χ2n) is 2.95. The van der Waals surface area contributed by atoms with Gasteiger partial charge in [0.15, 0.2) is 0 Å². The molecule has 0 amide bonds. The number of aliphatic carboxylic acids is 1. The Hall–Kier alpha value is -1.84. The molecule has 1 aliphatic heterocycles. The molecule has 0 fully saturated rings. The van der Waals surface area contributed by atoms with Crippen LogP contribution in [-0.2, 0) is 4.79 Å². The number of ether oxygens (including phenoxy) is 1. The fourth-order valence-corrected chi connectivity index (χ4v) is 1.26. The molecule has 0 saturated heterocycles. The first-order valence-corrected chi connectivity index (χ1v) is 4.03. The predicted molar refractivity (Wildman–Crippen MR) is 47.5 cm³/mol. The lowest BCUT2D eigenvalue weighted by Crippen LogP contribution is -2.14. The van der Waals surface area contributed by atoms with Crippen molar-refractivity contribution in [1.82, 2.24) is 0 Å². The summed E-state index contributed by atoms with van der Waals surface area (Å²) >= 11 is 0. The molecule has 72 valence electrons. The number of halogens is 1. The van der Waals surface area contributed by atoms with Gasteiger partial charge in [-0.25, -0.2) is 9.18 Å². The number of fused-ring (bicyclic) bond motifs is 1. The standard InChI is InChI=1S/C10H7FO3/c11-8-2-1-6-3-7(10(12)13)5-14-9(6)4-8/h1-4H,5H2,(H,12,13). The zero-order valence-corrected chi connectivity index (χ0v) is 7.16. The summed E-state index contributed by atoms with van der Waals surface area (Å²) in [7, 11) is 0. The minimum absolute atomic E-state index is 0.0220. The quantitative estimate of drug-likeness (QED) is 0.739. The zero-order valence-electron chi connectivity index (χ0n) is 7.16. The van der Waals surface area contributed by atoms with Crippen molar-refractivity contribution >= 4 is 12.0 Å². The Morgan fingerprint density at radius 1 is 1.50 bits per heavy atom. The Labute approximate surface area is 79.4 Å². The van der Waals surface area contributed by atoms with E-state index in [-0.39, 0.29) is 12.2 Å². The Bertz CT molecular complexity index is 423. The monoisotopic (exact) mass is 194 g/mol. The lowest BCUT2D eigenvalue weighted by molar-refractivity contribution is -0.132. The van der Waals surface area contributed by atoms with Gasteiger partial charge in [0.2, 0.25) is 0 Å². The van der Waals surface area contributed by atoms with Crippen molar-refractivity contribution in [3.63, 3.8) is 0 Å². The first-order chi connectivity index (χ1) is 6.66. The molecular weight excluding hydrogens is 187 g/mol. The van der Waals surface area contributed by atoms with E-state index >= 15 is 0 Å². The van der Waals surface area contributed by atoms with Gasteiger partial charge < -0.3 is 9.84 Å². The van der Waals surface area contributed by atoms with Gasteiger partial charge in [-0.1, -0.05) is 0 Å². The van der Waals surface area contributed by atoms with Crippen molar-refractivity contribution in [2.75, 3.05) is 6.61 Å². The van der Waals surface area contributed by atoms with E-state index in [1.54, 1.807) is 0 Å². The second kappa shape index (κ2) is 3.14. The van der Waals surface area contributed by atoms with Crippen LogP contribution in [0, 0.1) is 5.82 Å². The van der Waals surface area contributed by atoms with Crippen molar-refractivity contribution in [3.05, 3.63) is 35.2 Å². The lowest BCUT2D eigenvalue weighted by atomic mass is 10.1. The van der Waals surface area contributed by atoms with Crippen molar-refractivity contribution < 1.29 is 19.0 Å². The molecule has 2 rings (SSSR count). The van der Waals surface area contributed by atoms with Gasteiger partial charge >= 0.3 is 5.97 Å². The van der Waals surface area contributed by atoms with E-state index < -0.39 is 11.8 Å². The van der Waals surface area contributed by atoms with E-state index in [1.807, 2.05) is 0 Å². The third-order valence-corrected chi connectivity index (χ3v) is 1.96. The molecule has 0 saturated carbocycles. The molecule has 0 spiro atoms. The van der Waals surface area contributed by atoms with Crippen LogP contribution in [-0.4, -0.2) is 17.7 Å². The molecule has 0 aliphatic carbocycles. The van der Waals surface area contributed by atoms with Gasteiger partial charge in [0.05, 0.1) is 5.57 Å². The third-order valence-electron chi connectivity index (χ3n) is 1.96. The minimum atomic E-state index is -1.01. The number of hydrogen-bond donors (Lipinski definition) is 1. The predicted octanol–water partition coefficient (Wildman–Crippen LogP) is 1.69. The summed E-state index contributed by atoms with van der Waals surface area (Å²) in [5.41, 5.74) is 0.763. The van der Waals surface area contributed by atoms with Gasteiger partial charge in [-0.05, 0) is 18.2 Å². The third kappa shape index (κ3) is 1.46. The highest BCUT2D eigenvalue weighted by atomic mass is 19.1. The molecule has 1 aromatic carbocycles. The molecule has 1 heterocycles. The van der Waals surface area contributed by atoms with Crippen molar-refractivity contribution in [2.45, 2.75) is 0 Å². The van der Waals surface area contributed by atoms with Crippen LogP contribution in [0.2, 0.25) is 0 Å². The van der Waals surface area contributed by atoms with Gasteiger partial charge in [0.1, 0.15) is 18.2 Å². The van der Waals surface area contributed by atoms with E-state index in [4.69, 9.17) is 9.84 Å². The van der Waals surface area contributed by atoms with Crippen LogP contribution in [0.5, 0.6) is 5.75 Å². The Kier molecular flexibility index (Phi) is 1.96. The average Bonchev–Trinajstić information content (AvgIpc) is 2.16. The zero-order chi connectivity index (χ0) is 10.1. The van der Waals surface area contributed by atoms with Gasteiger partial charge in [-0.3, -0.25) is 0 Å². The molecule has 1 aromatic rings. The summed E-state index contributed by atoms with van der Waals surface area (Å²) in [5.74, 6) is -1.02. The molecule has 14 heavy (non-hydrogen) atoms. The smallest absolute Gasteiger partial charge is 0.335 e. The van der Waals surface area contributed by atoms with Crippen LogP contribution in [0.3, 0.4) is 0 Å². The fourth-order valence-electron chi connectivity index (χ4n) is 1.26. The molecular formula is C10H7FO3. The highest BCUT2D eigenvalue weighted by Gasteiger charge is 2.16. The first-order valence-electron chi connectivity index (χ1n) is 4.03. The van der Waals surface area contributed by atoms with Crippen molar-refractivity contribution in [3.8, 4) is 5.75 Å². The minimum Gasteiger partial charge on any atom is -0.488 e. The summed E-state index contributed by atoms with van der Waals surface area (Å²) in [6, 6.07) is 4.00. The largest absolute Gasteiger partial charge is 0.488 e. The number of benzene rings is 1. The van der Waals surface area contributed by atoms with E-state index in [0.29, 0.717) is 11.3 Å². The second-order valence-corrected chi connectivity index (χ2v) is 2.95. The van der Waals surface area contributed by atoms with E-state index in [1.165, 1.54) is 24.3 Å². The summed E-state index contributed by atoms with van der Waals surface area (Å²) in [6.45, 7) is -0.0220. The highest BCUT2D eigenvalue weighted by Crippen LogP contribution is 2.26. The molecule has 0 aromatic heterocycles. The Morgan fingerprint density at radius 3 is 3.00 bits per heavy atom. The summed E-state index contributed by atoms with van der Waals surface area (Å²) in [5, 5.41) is 8.70. The number of carbonyl (C=O) groups is 1. The van der Waals surface area contributed by atoms with Crippen LogP contribution in [0.1, 0.15) is 5.56 Å². The number of carboxylic acids is 1. The number of rotatable bonds is 1. The lowest BCUT2D eigenvalue weighted by Gasteiger charge is -2.15. The summed E-state index contributed by atoms with van der Waals surface area (Å²) < 4.78 is 17.8. The van der Waals surface area contributed by atoms with Crippen LogP contribution in [0.25, 0.3) is 6.08 Å². The normalized spacial score (nSPS) is 13.9. The van der Waals surface area contributed by atoms with Crippen molar-refractivity contribution in [1.29, 1.82) is 0 Å². The van der Waals surface area contributed by atoms with E-state index in [0.717, 1.165) is 0 Å². The van der Waals surface area contributed by atoms with Gasteiger partial charge in [0.25, 0.3) is 0 Å². The maximum atomic E-state index is 12.7. The maximum Gasteiger partial charge on any atom is 0.335 e. The Morgan fingerprint density at radius 2 is 2.29 bits per heavy atom. The van der Waals surface area contributed by atoms with Gasteiger partial charge in [-0.15, -0.1) is 0 Å².